The summed E-state index contributed by atoms with van der Waals surface area (Å²) in [5.74, 6) is 2.10. The molecule has 0 N–H and O–H groups in total. The Kier molecular flexibility index (Phi) is 7.79. The van der Waals surface area contributed by atoms with E-state index in [1.54, 1.807) is 0 Å². The van der Waals surface area contributed by atoms with E-state index in [9.17, 15) is 0 Å². The van der Waals surface area contributed by atoms with Gasteiger partial charge in [0, 0.05) is 23.1 Å². The van der Waals surface area contributed by atoms with Crippen molar-refractivity contribution >= 4 is 10.9 Å². The molecule has 0 saturated carbocycles. The monoisotopic (exact) mass is 461 g/mol. The molecule has 0 bridgehead atoms. The molecule has 2 aliphatic heterocycles. The lowest BCUT2D eigenvalue weighted by molar-refractivity contribution is -0.0821. The minimum atomic E-state index is 0.0454. The van der Waals surface area contributed by atoms with Gasteiger partial charge < -0.3 is 14.2 Å². The Morgan fingerprint density at radius 3 is 1.88 bits per heavy atom. The van der Waals surface area contributed by atoms with E-state index < -0.39 is 0 Å². The molecule has 0 amide bonds. The second-order valence-corrected chi connectivity index (χ2v) is 11.2. The molecule has 0 radical (unpaired) electrons. The van der Waals surface area contributed by atoms with Crippen LogP contribution in [0.25, 0.3) is 0 Å². The molecule has 5 atom stereocenters. The van der Waals surface area contributed by atoms with E-state index in [-0.39, 0.29) is 29.2 Å². The lowest BCUT2D eigenvalue weighted by Crippen LogP contribution is -2.43. The van der Waals surface area contributed by atoms with Crippen LogP contribution in [0.15, 0.2) is 91.0 Å². The van der Waals surface area contributed by atoms with Crippen molar-refractivity contribution in [3.8, 4) is 0 Å². The predicted octanol–water partition coefficient (Wildman–Crippen LogP) is 5.54. The van der Waals surface area contributed by atoms with E-state index in [0.717, 1.165) is 31.0 Å². The van der Waals surface area contributed by atoms with Gasteiger partial charge in [0.2, 0.25) is 0 Å². The van der Waals surface area contributed by atoms with Gasteiger partial charge >= 0.3 is 0 Å². The lowest BCUT2D eigenvalue weighted by atomic mass is 10.0. The van der Waals surface area contributed by atoms with Crippen molar-refractivity contribution in [1.29, 1.82) is 0 Å². The molecule has 0 aromatic heterocycles. The maximum Gasteiger partial charge on any atom is 0.173 e. The van der Waals surface area contributed by atoms with Crippen molar-refractivity contribution in [1.82, 2.24) is 0 Å². The van der Waals surface area contributed by atoms with E-state index in [1.165, 1.54) is 16.7 Å². The summed E-state index contributed by atoms with van der Waals surface area (Å²) < 4.78 is 19.5. The number of rotatable bonds is 9. The van der Waals surface area contributed by atoms with Crippen LogP contribution in [0.5, 0.6) is 0 Å². The molecule has 0 spiro atoms. The first kappa shape index (κ1) is 22.7. The average Bonchev–Trinajstić information content (AvgIpc) is 3.51. The van der Waals surface area contributed by atoms with Crippen LogP contribution < -0.4 is 0 Å². The summed E-state index contributed by atoms with van der Waals surface area (Å²) in [7, 11) is 0.143. The first-order chi connectivity index (χ1) is 16.4. The summed E-state index contributed by atoms with van der Waals surface area (Å²) >= 11 is 0. The van der Waals surface area contributed by atoms with Gasteiger partial charge in [-0.25, -0.2) is 0 Å². The van der Waals surface area contributed by atoms with Crippen LogP contribution in [0.1, 0.15) is 29.5 Å². The molecule has 0 aliphatic carbocycles. The molecule has 3 aromatic carbocycles. The van der Waals surface area contributed by atoms with Gasteiger partial charge in [0.05, 0.1) is 13.2 Å². The summed E-state index contributed by atoms with van der Waals surface area (Å²) in [4.78, 5) is 0. The zero-order valence-corrected chi connectivity index (χ0v) is 19.9. The number of hydrogen-bond donors (Lipinski definition) is 0. The van der Waals surface area contributed by atoms with Gasteiger partial charge in [-0.2, -0.15) is 0 Å². The summed E-state index contributed by atoms with van der Waals surface area (Å²) in [6, 6.07) is 31.8. The topological polar surface area (TPSA) is 27.7 Å². The molecule has 2 saturated heterocycles. The Bertz CT molecular complexity index is 960. The van der Waals surface area contributed by atoms with E-state index >= 15 is 0 Å². The minimum Gasteiger partial charge on any atom is -0.373 e. The highest BCUT2D eigenvalue weighted by atomic mass is 32.2. The molecule has 2 aliphatic rings. The summed E-state index contributed by atoms with van der Waals surface area (Å²) in [6.07, 6.45) is 2.66. The summed E-state index contributed by atoms with van der Waals surface area (Å²) in [5, 5.41) is 0.372. The zero-order chi connectivity index (χ0) is 22.3. The Morgan fingerprint density at radius 2 is 1.30 bits per heavy atom. The van der Waals surface area contributed by atoms with Gasteiger partial charge in [0.1, 0.15) is 29.8 Å². The van der Waals surface area contributed by atoms with Crippen LogP contribution in [0, 0.1) is 0 Å². The van der Waals surface area contributed by atoms with Crippen LogP contribution in [0.2, 0.25) is 0 Å². The van der Waals surface area contributed by atoms with E-state index in [0.29, 0.717) is 18.5 Å². The Hall–Kier alpha value is -2.11. The van der Waals surface area contributed by atoms with E-state index in [4.69, 9.17) is 14.2 Å². The van der Waals surface area contributed by atoms with E-state index in [2.05, 4.69) is 91.0 Å². The zero-order valence-electron chi connectivity index (χ0n) is 19.1. The molecule has 5 rings (SSSR count). The molecule has 33 heavy (non-hydrogen) atoms. The second kappa shape index (κ2) is 11.3. The van der Waals surface area contributed by atoms with Crippen LogP contribution in [0.4, 0.5) is 0 Å². The van der Waals surface area contributed by atoms with Crippen molar-refractivity contribution in [2.45, 2.75) is 55.4 Å². The van der Waals surface area contributed by atoms with Crippen molar-refractivity contribution in [3.05, 3.63) is 108 Å². The molecular formula is C29H33O3S+. The second-order valence-electron chi connectivity index (χ2n) is 8.95. The molecule has 1 unspecified atom stereocenters. The fourth-order valence-corrected chi connectivity index (χ4v) is 8.08. The SMILES string of the molecule is c1ccc(CO[C@@H]2[C@@H]([C@H]3CCCO3)[S+](Cc3ccccc3)C[C@H]2OCc2ccccc2)cc1. The largest absolute Gasteiger partial charge is 0.373 e. The average molecular weight is 462 g/mol. The molecule has 2 fully saturated rings. The molecule has 2 heterocycles. The first-order valence-corrected chi connectivity index (χ1v) is 13.6. The van der Waals surface area contributed by atoms with Gasteiger partial charge in [-0.15, -0.1) is 0 Å². The van der Waals surface area contributed by atoms with Gasteiger partial charge in [0.15, 0.2) is 5.25 Å². The van der Waals surface area contributed by atoms with Crippen LogP contribution in [0.3, 0.4) is 0 Å². The van der Waals surface area contributed by atoms with Crippen molar-refractivity contribution < 1.29 is 14.2 Å². The molecule has 172 valence electrons. The minimum absolute atomic E-state index is 0.0454. The fourth-order valence-electron chi connectivity index (χ4n) is 4.94. The first-order valence-electron chi connectivity index (χ1n) is 12.0. The highest BCUT2D eigenvalue weighted by Crippen LogP contribution is 2.37. The molecular weight excluding hydrogens is 428 g/mol. The number of hydrogen-bond acceptors (Lipinski definition) is 3. The smallest absolute Gasteiger partial charge is 0.173 e. The third kappa shape index (κ3) is 5.88. The van der Waals surface area contributed by atoms with Crippen LogP contribution in [-0.4, -0.2) is 35.9 Å². The van der Waals surface area contributed by atoms with Crippen molar-refractivity contribution in [3.63, 3.8) is 0 Å². The highest BCUT2D eigenvalue weighted by molar-refractivity contribution is 7.97. The lowest BCUT2D eigenvalue weighted by Gasteiger charge is -2.25. The third-order valence-electron chi connectivity index (χ3n) is 6.57. The summed E-state index contributed by atoms with van der Waals surface area (Å²) in [6.45, 7) is 2.10. The van der Waals surface area contributed by atoms with Gasteiger partial charge in [-0.1, -0.05) is 91.0 Å². The standard InChI is InChI=1S/C29H33O3S/c1-4-11-23(12-5-1)19-31-27-22-33(21-25-15-8-3-9-16-25)29(26-17-10-18-30-26)28(27)32-20-24-13-6-2-7-14-24/h1-9,11-16,26-29H,10,17-22H2/q+1/t26-,27-,28+,29-,33?/m1/s1. The molecule has 3 aromatic rings. The third-order valence-corrected chi connectivity index (χ3v) is 9.37. The van der Waals surface area contributed by atoms with Gasteiger partial charge in [-0.05, 0) is 24.0 Å². The van der Waals surface area contributed by atoms with E-state index in [1.807, 2.05) is 0 Å². The molecule has 4 heteroatoms. The normalized spacial score (nSPS) is 27.1. The number of benzene rings is 3. The van der Waals surface area contributed by atoms with Crippen LogP contribution >= 0.6 is 0 Å². The maximum absolute atomic E-state index is 6.68. The predicted molar refractivity (Wildman–Crippen MR) is 135 cm³/mol. The van der Waals surface area contributed by atoms with Crippen LogP contribution in [-0.2, 0) is 44.1 Å². The van der Waals surface area contributed by atoms with Gasteiger partial charge in [0.25, 0.3) is 0 Å². The van der Waals surface area contributed by atoms with Crippen molar-refractivity contribution in [2.24, 2.45) is 0 Å². The Labute approximate surface area is 200 Å². The van der Waals surface area contributed by atoms with Crippen molar-refractivity contribution in [2.75, 3.05) is 12.4 Å². The Morgan fingerprint density at radius 1 is 0.727 bits per heavy atom. The summed E-state index contributed by atoms with van der Waals surface area (Å²) in [5.41, 5.74) is 3.82. The fraction of sp³-hybridized carbons (Fsp3) is 0.379. The maximum atomic E-state index is 6.68. The number of ether oxygens (including phenoxy) is 3. The quantitative estimate of drug-likeness (QED) is 0.392. The molecule has 3 nitrogen and oxygen atoms in total. The highest BCUT2D eigenvalue weighted by Gasteiger charge is 2.56. The Balaban J connectivity index is 1.37. The van der Waals surface area contributed by atoms with Gasteiger partial charge in [-0.3, -0.25) is 0 Å².